The number of fused-ring (bicyclic) bond motifs is 1. The molecule has 0 saturated heterocycles. The molecule has 26 heavy (non-hydrogen) atoms. The number of nitrogens with one attached hydrogen (secondary N) is 1. The largest absolute Gasteiger partial charge is 0.482 e. The minimum absolute atomic E-state index is 0.0583. The van der Waals surface area contributed by atoms with Crippen molar-refractivity contribution in [3.05, 3.63) is 23.1 Å². The summed E-state index contributed by atoms with van der Waals surface area (Å²) < 4.78 is 5.48. The van der Waals surface area contributed by atoms with Crippen molar-refractivity contribution >= 4 is 34.0 Å². The number of aromatic nitrogens is 1. The topological polar surface area (TPSA) is 71.5 Å². The fourth-order valence-corrected chi connectivity index (χ4v) is 3.49. The zero-order valence-corrected chi connectivity index (χ0v) is 16.5. The second kappa shape index (κ2) is 6.72. The molecule has 0 unspecified atom stereocenters. The van der Waals surface area contributed by atoms with E-state index in [2.05, 4.69) is 17.2 Å². The maximum absolute atomic E-state index is 12.2. The second-order valence-electron chi connectivity index (χ2n) is 7.27. The lowest BCUT2D eigenvalue weighted by atomic mass is 9.96. The van der Waals surface area contributed by atoms with Gasteiger partial charge in [-0.05, 0) is 24.6 Å². The Morgan fingerprint density at radius 3 is 2.77 bits per heavy atom. The van der Waals surface area contributed by atoms with E-state index < -0.39 is 5.41 Å². The first-order chi connectivity index (χ1) is 12.2. The lowest BCUT2D eigenvalue weighted by molar-refractivity contribution is -0.123. The van der Waals surface area contributed by atoms with Gasteiger partial charge in [-0.25, -0.2) is 4.98 Å². The summed E-state index contributed by atoms with van der Waals surface area (Å²) in [5, 5.41) is 3.50. The monoisotopic (exact) mass is 373 g/mol. The number of ether oxygens (including phenoxy) is 1. The van der Waals surface area contributed by atoms with Gasteiger partial charge >= 0.3 is 0 Å². The van der Waals surface area contributed by atoms with Crippen LogP contribution in [0.5, 0.6) is 5.75 Å². The highest BCUT2D eigenvalue weighted by molar-refractivity contribution is 7.16. The standard InChI is InChI=1S/C19H23N3O3S/c1-6-14-16(20-18(26-14)21-17(24)19(2,3)4)11-7-8-13-12(9-11)22(5)15(23)10-25-13/h7-9H,6,10H2,1-5H3,(H,20,21,24). The third kappa shape index (κ3) is 3.44. The second-order valence-corrected chi connectivity index (χ2v) is 8.36. The Bertz CT molecular complexity index is 867. The maximum atomic E-state index is 12.2. The summed E-state index contributed by atoms with van der Waals surface area (Å²) in [5.41, 5.74) is 1.98. The molecule has 1 aliphatic rings. The fourth-order valence-electron chi connectivity index (χ4n) is 2.57. The van der Waals surface area contributed by atoms with Gasteiger partial charge in [-0.2, -0.15) is 0 Å². The van der Waals surface area contributed by atoms with Crippen LogP contribution in [-0.2, 0) is 16.0 Å². The smallest absolute Gasteiger partial charge is 0.264 e. The maximum Gasteiger partial charge on any atom is 0.264 e. The average molecular weight is 373 g/mol. The van der Waals surface area contributed by atoms with Crippen LogP contribution in [-0.4, -0.2) is 30.5 Å². The number of benzene rings is 1. The number of rotatable bonds is 3. The van der Waals surface area contributed by atoms with Crippen LogP contribution < -0.4 is 15.0 Å². The van der Waals surface area contributed by atoms with Crippen molar-refractivity contribution in [3.8, 4) is 17.0 Å². The van der Waals surface area contributed by atoms with Crippen molar-refractivity contribution in [1.29, 1.82) is 0 Å². The molecule has 2 amide bonds. The van der Waals surface area contributed by atoms with Crippen molar-refractivity contribution in [1.82, 2.24) is 4.98 Å². The van der Waals surface area contributed by atoms with Gasteiger partial charge < -0.3 is 15.0 Å². The Morgan fingerprint density at radius 1 is 1.38 bits per heavy atom. The van der Waals surface area contributed by atoms with Gasteiger partial charge in [0.25, 0.3) is 5.91 Å². The van der Waals surface area contributed by atoms with Gasteiger partial charge in [0.2, 0.25) is 5.91 Å². The van der Waals surface area contributed by atoms with Gasteiger partial charge in [-0.15, -0.1) is 11.3 Å². The van der Waals surface area contributed by atoms with Gasteiger partial charge in [-0.1, -0.05) is 27.7 Å². The van der Waals surface area contributed by atoms with E-state index in [0.717, 1.165) is 28.2 Å². The van der Waals surface area contributed by atoms with Crippen molar-refractivity contribution in [3.63, 3.8) is 0 Å². The van der Waals surface area contributed by atoms with E-state index in [9.17, 15) is 9.59 Å². The van der Waals surface area contributed by atoms with Gasteiger partial charge in [0.05, 0.1) is 11.4 Å². The van der Waals surface area contributed by atoms with E-state index in [1.807, 2.05) is 39.0 Å². The van der Waals surface area contributed by atoms with E-state index in [1.165, 1.54) is 11.3 Å². The summed E-state index contributed by atoms with van der Waals surface area (Å²) in [7, 11) is 1.74. The van der Waals surface area contributed by atoms with Crippen molar-refractivity contribution in [2.45, 2.75) is 34.1 Å². The summed E-state index contributed by atoms with van der Waals surface area (Å²) in [6.07, 6.45) is 0.806. The number of carbonyl (C=O) groups is 2. The van der Waals surface area contributed by atoms with Gasteiger partial charge in [0.15, 0.2) is 11.7 Å². The molecule has 0 fully saturated rings. The predicted molar refractivity (Wildman–Crippen MR) is 104 cm³/mol. The van der Waals surface area contributed by atoms with E-state index in [1.54, 1.807) is 11.9 Å². The molecule has 7 heteroatoms. The Labute approximate surface area is 157 Å². The van der Waals surface area contributed by atoms with Crippen LogP contribution in [0.15, 0.2) is 18.2 Å². The molecule has 0 aliphatic carbocycles. The molecule has 3 rings (SSSR count). The summed E-state index contributed by atoms with van der Waals surface area (Å²) in [5.74, 6) is 0.539. The van der Waals surface area contributed by atoms with Crippen molar-refractivity contribution in [2.24, 2.45) is 5.41 Å². The van der Waals surface area contributed by atoms with Crippen LogP contribution in [0.25, 0.3) is 11.3 Å². The zero-order chi connectivity index (χ0) is 19.1. The van der Waals surface area contributed by atoms with E-state index in [-0.39, 0.29) is 18.4 Å². The lowest BCUT2D eigenvalue weighted by Gasteiger charge is -2.26. The van der Waals surface area contributed by atoms with Gasteiger partial charge in [-0.3, -0.25) is 9.59 Å². The molecule has 0 spiro atoms. The number of nitrogens with zero attached hydrogens (tertiary/aromatic N) is 2. The number of aryl methyl sites for hydroxylation is 1. The van der Waals surface area contributed by atoms with E-state index in [0.29, 0.717) is 10.9 Å². The Balaban J connectivity index is 1.97. The summed E-state index contributed by atoms with van der Waals surface area (Å²) in [4.78, 5) is 31.5. The van der Waals surface area contributed by atoms with Crippen LogP contribution in [0.3, 0.4) is 0 Å². The third-order valence-electron chi connectivity index (χ3n) is 4.24. The molecule has 1 aromatic carbocycles. The Morgan fingerprint density at radius 2 is 2.12 bits per heavy atom. The molecular formula is C19H23N3O3S. The quantitative estimate of drug-likeness (QED) is 0.890. The van der Waals surface area contributed by atoms with Crippen molar-refractivity contribution < 1.29 is 14.3 Å². The summed E-state index contributed by atoms with van der Waals surface area (Å²) in [6, 6.07) is 5.71. The molecule has 2 aromatic rings. The average Bonchev–Trinajstić information content (AvgIpc) is 3.00. The highest BCUT2D eigenvalue weighted by Gasteiger charge is 2.25. The normalized spacial score (nSPS) is 14.0. The zero-order valence-electron chi connectivity index (χ0n) is 15.7. The van der Waals surface area contributed by atoms with Crippen LogP contribution >= 0.6 is 11.3 Å². The van der Waals surface area contributed by atoms with Crippen LogP contribution in [0.2, 0.25) is 0 Å². The van der Waals surface area contributed by atoms with Crippen LogP contribution in [0.1, 0.15) is 32.6 Å². The highest BCUT2D eigenvalue weighted by Crippen LogP contribution is 2.38. The van der Waals surface area contributed by atoms with Gasteiger partial charge in [0, 0.05) is 22.9 Å². The number of carbonyl (C=O) groups excluding carboxylic acids is 2. The molecule has 0 radical (unpaired) electrons. The van der Waals surface area contributed by atoms with E-state index >= 15 is 0 Å². The molecule has 2 heterocycles. The number of hydrogen-bond donors (Lipinski definition) is 1. The number of anilines is 2. The third-order valence-corrected chi connectivity index (χ3v) is 5.35. The molecule has 1 aromatic heterocycles. The predicted octanol–water partition coefficient (Wildman–Crippen LogP) is 3.71. The minimum Gasteiger partial charge on any atom is -0.482 e. The van der Waals surface area contributed by atoms with Crippen LogP contribution in [0.4, 0.5) is 10.8 Å². The molecule has 0 atom stereocenters. The number of hydrogen-bond acceptors (Lipinski definition) is 5. The van der Waals surface area contributed by atoms with Gasteiger partial charge in [0.1, 0.15) is 5.75 Å². The summed E-state index contributed by atoms with van der Waals surface area (Å²) in [6.45, 7) is 7.72. The highest BCUT2D eigenvalue weighted by atomic mass is 32.1. The number of thiazole rings is 1. The van der Waals surface area contributed by atoms with Crippen LogP contribution in [0, 0.1) is 5.41 Å². The SMILES string of the molecule is CCc1sc(NC(=O)C(C)(C)C)nc1-c1ccc2c(c1)N(C)C(=O)CO2. The first kappa shape index (κ1) is 18.4. The molecule has 138 valence electrons. The lowest BCUT2D eigenvalue weighted by Crippen LogP contribution is -2.35. The molecule has 1 N–H and O–H groups in total. The molecule has 0 saturated carbocycles. The molecule has 1 aliphatic heterocycles. The molecule has 6 nitrogen and oxygen atoms in total. The molecular weight excluding hydrogens is 350 g/mol. The molecule has 0 bridgehead atoms. The number of likely N-dealkylation sites (N-methyl/N-ethyl adjacent to an activating group) is 1. The minimum atomic E-state index is -0.482. The summed E-state index contributed by atoms with van der Waals surface area (Å²) >= 11 is 1.48. The Kier molecular flexibility index (Phi) is 4.75. The Hall–Kier alpha value is -2.41. The number of amides is 2. The van der Waals surface area contributed by atoms with Crippen molar-refractivity contribution in [2.75, 3.05) is 23.9 Å². The fraction of sp³-hybridized carbons (Fsp3) is 0.421. The first-order valence-electron chi connectivity index (χ1n) is 8.55. The first-order valence-corrected chi connectivity index (χ1v) is 9.37. The van der Waals surface area contributed by atoms with E-state index in [4.69, 9.17) is 4.74 Å².